The highest BCUT2D eigenvalue weighted by Gasteiger charge is 2.11. The molecule has 0 spiro atoms. The van der Waals surface area contributed by atoms with E-state index in [-0.39, 0.29) is 0 Å². The predicted molar refractivity (Wildman–Crippen MR) is 76.8 cm³/mol. The highest BCUT2D eigenvalue weighted by atomic mass is 79.9. The van der Waals surface area contributed by atoms with Crippen molar-refractivity contribution in [3.63, 3.8) is 0 Å². The minimum atomic E-state index is 0.877. The van der Waals surface area contributed by atoms with Crippen molar-refractivity contribution in [1.82, 2.24) is 0 Å². The number of hydrogen-bond acceptors (Lipinski definition) is 1. The second-order valence-electron chi connectivity index (χ2n) is 3.48. The quantitative estimate of drug-likeness (QED) is 0.456. The van der Waals surface area contributed by atoms with E-state index < -0.39 is 0 Å². The van der Waals surface area contributed by atoms with Gasteiger partial charge in [-0.25, -0.2) is 0 Å². The monoisotopic (exact) mass is 402 g/mol. The van der Waals surface area contributed by atoms with Gasteiger partial charge >= 0.3 is 0 Å². The van der Waals surface area contributed by atoms with Crippen LogP contribution in [-0.4, -0.2) is 0 Å². The highest BCUT2D eigenvalue weighted by Crippen LogP contribution is 2.38. The smallest absolute Gasteiger partial charge is 0.150 e. The van der Waals surface area contributed by atoms with Crippen molar-refractivity contribution in [3.8, 4) is 0 Å². The molecule has 1 heterocycles. The molecule has 0 aliphatic heterocycles. The molecule has 1 nitrogen and oxygen atoms in total. The summed E-state index contributed by atoms with van der Waals surface area (Å²) in [4.78, 5) is 0. The summed E-state index contributed by atoms with van der Waals surface area (Å²) in [7, 11) is 0. The van der Waals surface area contributed by atoms with Gasteiger partial charge in [0.15, 0.2) is 5.58 Å². The van der Waals surface area contributed by atoms with Gasteiger partial charge in [0.1, 0.15) is 5.58 Å². The van der Waals surface area contributed by atoms with Crippen molar-refractivity contribution < 1.29 is 4.42 Å². The molecule has 4 heteroatoms. The molecule has 0 aliphatic carbocycles. The van der Waals surface area contributed by atoms with E-state index in [4.69, 9.17) is 4.42 Å². The van der Waals surface area contributed by atoms with Crippen LogP contribution in [0.2, 0.25) is 0 Å². The summed E-state index contributed by atoms with van der Waals surface area (Å²) in [5.41, 5.74) is 1.78. The average molecular weight is 405 g/mol. The van der Waals surface area contributed by atoms with Gasteiger partial charge in [0.25, 0.3) is 0 Å². The van der Waals surface area contributed by atoms with E-state index in [1.54, 1.807) is 0 Å². The minimum absolute atomic E-state index is 0.877. The molecule has 2 aromatic carbocycles. The SMILES string of the molecule is Brc1ccc2oc3c(Br)c(Br)ccc3c2c1. The third-order valence-corrected chi connectivity index (χ3v) is 4.97. The Bertz CT molecular complexity index is 700. The van der Waals surface area contributed by atoms with E-state index in [1.807, 2.05) is 18.2 Å². The fourth-order valence-corrected chi connectivity index (χ4v) is 2.86. The van der Waals surface area contributed by atoms with Crippen molar-refractivity contribution in [1.29, 1.82) is 0 Å². The molecule has 3 aromatic rings. The average Bonchev–Trinajstić information content (AvgIpc) is 2.62. The Hall–Kier alpha value is -0.320. The Morgan fingerprint density at radius 3 is 2.50 bits per heavy atom. The first-order valence-corrected chi connectivity index (χ1v) is 7.00. The molecule has 16 heavy (non-hydrogen) atoms. The summed E-state index contributed by atoms with van der Waals surface area (Å²) < 4.78 is 8.83. The van der Waals surface area contributed by atoms with E-state index in [1.165, 1.54) is 0 Å². The lowest BCUT2D eigenvalue weighted by molar-refractivity contribution is 0.666. The largest absolute Gasteiger partial charge is 0.455 e. The molecule has 3 rings (SSSR count). The molecular weight excluding hydrogens is 400 g/mol. The van der Waals surface area contributed by atoms with Crippen molar-refractivity contribution >= 4 is 69.7 Å². The number of halogens is 3. The zero-order valence-electron chi connectivity index (χ0n) is 7.93. The van der Waals surface area contributed by atoms with Crippen LogP contribution >= 0.6 is 47.8 Å². The second kappa shape index (κ2) is 3.86. The molecule has 0 atom stereocenters. The van der Waals surface area contributed by atoms with Crippen LogP contribution in [0.5, 0.6) is 0 Å². The number of rotatable bonds is 0. The summed E-state index contributed by atoms with van der Waals surface area (Å²) in [5.74, 6) is 0. The minimum Gasteiger partial charge on any atom is -0.455 e. The third-order valence-electron chi connectivity index (χ3n) is 2.49. The van der Waals surface area contributed by atoms with Crippen molar-refractivity contribution in [2.75, 3.05) is 0 Å². The number of fused-ring (bicyclic) bond motifs is 3. The van der Waals surface area contributed by atoms with Gasteiger partial charge in [-0.3, -0.25) is 0 Å². The van der Waals surface area contributed by atoms with Crippen LogP contribution in [0.3, 0.4) is 0 Å². The fraction of sp³-hybridized carbons (Fsp3) is 0. The van der Waals surface area contributed by atoms with Gasteiger partial charge in [-0.1, -0.05) is 15.9 Å². The van der Waals surface area contributed by atoms with Crippen LogP contribution in [-0.2, 0) is 0 Å². The third kappa shape index (κ3) is 1.55. The lowest BCUT2D eigenvalue weighted by atomic mass is 10.2. The maximum atomic E-state index is 5.82. The van der Waals surface area contributed by atoms with Gasteiger partial charge in [-0.2, -0.15) is 0 Å². The molecule has 0 aliphatic rings. The molecule has 0 radical (unpaired) electrons. The molecule has 0 saturated heterocycles. The number of benzene rings is 2. The van der Waals surface area contributed by atoms with Gasteiger partial charge in [0.05, 0.1) is 4.47 Å². The Labute approximate surface area is 117 Å². The van der Waals surface area contributed by atoms with Crippen molar-refractivity contribution in [2.24, 2.45) is 0 Å². The van der Waals surface area contributed by atoms with Crippen LogP contribution in [0.4, 0.5) is 0 Å². The van der Waals surface area contributed by atoms with E-state index in [9.17, 15) is 0 Å². The van der Waals surface area contributed by atoms with E-state index in [2.05, 4.69) is 59.9 Å². The maximum Gasteiger partial charge on any atom is 0.150 e. The van der Waals surface area contributed by atoms with Gasteiger partial charge in [-0.05, 0) is 62.2 Å². The second-order valence-corrected chi connectivity index (χ2v) is 6.04. The van der Waals surface area contributed by atoms with E-state index in [0.29, 0.717) is 0 Å². The normalized spacial score (nSPS) is 11.4. The first kappa shape index (κ1) is 10.8. The first-order chi connectivity index (χ1) is 7.66. The zero-order chi connectivity index (χ0) is 11.3. The molecule has 0 amide bonds. The van der Waals surface area contributed by atoms with Crippen LogP contribution < -0.4 is 0 Å². The molecule has 0 unspecified atom stereocenters. The van der Waals surface area contributed by atoms with Crippen LogP contribution in [0.15, 0.2) is 48.2 Å². The van der Waals surface area contributed by atoms with E-state index in [0.717, 1.165) is 35.4 Å². The van der Waals surface area contributed by atoms with Gasteiger partial charge in [0.2, 0.25) is 0 Å². The molecular formula is C12H5Br3O. The highest BCUT2D eigenvalue weighted by molar-refractivity contribution is 9.13. The van der Waals surface area contributed by atoms with Crippen LogP contribution in [0, 0.1) is 0 Å². The standard InChI is InChI=1S/C12H5Br3O/c13-6-1-4-10-8(5-6)7-2-3-9(14)11(15)12(7)16-10/h1-5H. The summed E-state index contributed by atoms with van der Waals surface area (Å²) in [6.45, 7) is 0. The molecule has 0 N–H and O–H groups in total. The van der Waals surface area contributed by atoms with Crippen LogP contribution in [0.1, 0.15) is 0 Å². The van der Waals surface area contributed by atoms with Gasteiger partial charge in [-0.15, -0.1) is 0 Å². The maximum absolute atomic E-state index is 5.82. The zero-order valence-corrected chi connectivity index (χ0v) is 12.7. The van der Waals surface area contributed by atoms with Crippen molar-refractivity contribution in [3.05, 3.63) is 43.7 Å². The first-order valence-electron chi connectivity index (χ1n) is 4.62. The van der Waals surface area contributed by atoms with Gasteiger partial charge in [0, 0.05) is 19.7 Å². The molecule has 1 aromatic heterocycles. The molecule has 0 bridgehead atoms. The predicted octanol–water partition coefficient (Wildman–Crippen LogP) is 5.87. The Morgan fingerprint density at radius 2 is 1.69 bits per heavy atom. The molecule has 80 valence electrons. The summed E-state index contributed by atoms with van der Waals surface area (Å²) in [5, 5.41) is 2.24. The number of furan rings is 1. The number of hydrogen-bond donors (Lipinski definition) is 0. The van der Waals surface area contributed by atoms with E-state index >= 15 is 0 Å². The molecule has 0 fully saturated rings. The van der Waals surface area contributed by atoms with Crippen molar-refractivity contribution in [2.45, 2.75) is 0 Å². The summed E-state index contributed by atoms with van der Waals surface area (Å²) in [6, 6.07) is 10.1. The summed E-state index contributed by atoms with van der Waals surface area (Å²) >= 11 is 10.5. The lowest BCUT2D eigenvalue weighted by Crippen LogP contribution is -1.71. The van der Waals surface area contributed by atoms with Crippen LogP contribution in [0.25, 0.3) is 21.9 Å². The topological polar surface area (TPSA) is 13.1 Å². The summed E-state index contributed by atoms with van der Waals surface area (Å²) in [6.07, 6.45) is 0. The lowest BCUT2D eigenvalue weighted by Gasteiger charge is -1.95. The Kier molecular flexibility index (Phi) is 2.61. The molecule has 0 saturated carbocycles. The Balaban J connectivity index is 2.56. The Morgan fingerprint density at radius 1 is 0.875 bits per heavy atom. The van der Waals surface area contributed by atoms with Gasteiger partial charge < -0.3 is 4.42 Å². The fourth-order valence-electron chi connectivity index (χ4n) is 1.76.